The molecule has 1 amide bonds. The maximum absolute atomic E-state index is 11.1. The Bertz CT molecular complexity index is 274. The van der Waals surface area contributed by atoms with Crippen molar-refractivity contribution in [3.05, 3.63) is 11.1 Å². The first-order valence-corrected chi connectivity index (χ1v) is 4.10. The summed E-state index contributed by atoms with van der Waals surface area (Å²) in [6.07, 6.45) is 0. The van der Waals surface area contributed by atoms with Crippen LogP contribution in [0.25, 0.3) is 0 Å². The summed E-state index contributed by atoms with van der Waals surface area (Å²) < 4.78 is 4.65. The lowest BCUT2D eigenvalue weighted by Gasteiger charge is -1.99. The smallest absolute Gasteiger partial charge is 0.272 e. The van der Waals surface area contributed by atoms with Gasteiger partial charge >= 0.3 is 0 Å². The minimum Gasteiger partial charge on any atom is -0.375 e. The molecule has 0 fully saturated rings. The number of nitrogens with two attached hydrogens (primary N) is 1. The second kappa shape index (κ2) is 4.03. The predicted octanol–water partition coefficient (Wildman–Crippen LogP) is 0.0590. The molecule has 0 aliphatic carbocycles. The molecular formula is C6H9N3O2S. The molecule has 0 atom stereocenters. The minimum atomic E-state index is -0.273. The maximum atomic E-state index is 11.1. The molecule has 1 heterocycles. The van der Waals surface area contributed by atoms with E-state index in [4.69, 9.17) is 5.73 Å². The summed E-state index contributed by atoms with van der Waals surface area (Å²) in [7, 11) is 1.50. The van der Waals surface area contributed by atoms with Gasteiger partial charge < -0.3 is 15.8 Å². The Morgan fingerprint density at radius 3 is 3.17 bits per heavy atom. The van der Waals surface area contributed by atoms with Crippen LogP contribution < -0.4 is 11.1 Å². The van der Waals surface area contributed by atoms with E-state index >= 15 is 0 Å². The van der Waals surface area contributed by atoms with Gasteiger partial charge in [0.2, 0.25) is 0 Å². The molecule has 0 unspecified atom stereocenters. The predicted molar refractivity (Wildman–Crippen MR) is 45.9 cm³/mol. The van der Waals surface area contributed by atoms with Crippen molar-refractivity contribution in [2.75, 3.05) is 19.6 Å². The normalized spacial score (nSPS) is 9.75. The molecule has 66 valence electrons. The molecule has 6 heteroatoms. The van der Waals surface area contributed by atoms with E-state index in [1.165, 1.54) is 18.4 Å². The van der Waals surface area contributed by atoms with E-state index in [9.17, 15) is 4.79 Å². The summed E-state index contributed by atoms with van der Waals surface area (Å²) in [5, 5.41) is 4.47. The monoisotopic (exact) mass is 187 g/mol. The van der Waals surface area contributed by atoms with Gasteiger partial charge in [-0.25, -0.2) is 4.98 Å². The zero-order valence-electron chi connectivity index (χ0n) is 6.53. The average Bonchev–Trinajstić information content (AvgIpc) is 2.47. The van der Waals surface area contributed by atoms with Crippen molar-refractivity contribution in [2.24, 2.45) is 0 Å². The molecular weight excluding hydrogens is 178 g/mol. The number of anilines is 1. The third kappa shape index (κ3) is 2.18. The van der Waals surface area contributed by atoms with E-state index in [0.717, 1.165) is 0 Å². The first-order valence-electron chi connectivity index (χ1n) is 3.22. The number of ether oxygens (including phenoxy) is 1. The van der Waals surface area contributed by atoms with Gasteiger partial charge in [0.1, 0.15) is 12.4 Å². The number of thiazole rings is 1. The Balaban J connectivity index is 2.53. The molecule has 1 rings (SSSR count). The van der Waals surface area contributed by atoms with Crippen molar-refractivity contribution >= 4 is 22.4 Å². The zero-order valence-corrected chi connectivity index (χ0v) is 7.35. The first kappa shape index (κ1) is 8.95. The van der Waals surface area contributed by atoms with Crippen molar-refractivity contribution in [3.8, 4) is 0 Å². The number of rotatable bonds is 3. The van der Waals surface area contributed by atoms with Crippen molar-refractivity contribution in [2.45, 2.75) is 0 Å². The van der Waals surface area contributed by atoms with Gasteiger partial charge in [0, 0.05) is 12.5 Å². The number of nitrogens with zero attached hydrogens (tertiary/aromatic N) is 1. The fraction of sp³-hybridized carbons (Fsp3) is 0.333. The molecule has 0 spiro atoms. The lowest BCUT2D eigenvalue weighted by Crippen LogP contribution is -2.25. The van der Waals surface area contributed by atoms with Crippen LogP contribution in [0.3, 0.4) is 0 Å². The van der Waals surface area contributed by atoms with Gasteiger partial charge in [0.05, 0.1) is 0 Å². The molecule has 0 bridgehead atoms. The number of carbonyl (C=O) groups is 1. The molecule has 1 aromatic heterocycles. The van der Waals surface area contributed by atoms with E-state index in [0.29, 0.717) is 10.8 Å². The number of nitrogens with one attached hydrogen (secondary N) is 1. The van der Waals surface area contributed by atoms with Crippen LogP contribution in [0.15, 0.2) is 5.38 Å². The van der Waals surface area contributed by atoms with Gasteiger partial charge in [-0.2, -0.15) is 0 Å². The third-order valence-electron chi connectivity index (χ3n) is 1.13. The minimum absolute atomic E-state index is 0.177. The summed E-state index contributed by atoms with van der Waals surface area (Å²) in [6, 6.07) is 0. The quantitative estimate of drug-likeness (QED) is 0.656. The molecule has 3 N–H and O–H groups in total. The first-order chi connectivity index (χ1) is 5.74. The number of aromatic nitrogens is 1. The van der Waals surface area contributed by atoms with Crippen molar-refractivity contribution in [1.82, 2.24) is 10.3 Å². The summed E-state index contributed by atoms with van der Waals surface area (Å²) in [4.78, 5) is 14.9. The van der Waals surface area contributed by atoms with Crippen LogP contribution in [0.2, 0.25) is 0 Å². The summed E-state index contributed by atoms with van der Waals surface area (Å²) in [6.45, 7) is 0.177. The fourth-order valence-electron chi connectivity index (χ4n) is 0.620. The van der Waals surface area contributed by atoms with Crippen LogP contribution in [0.5, 0.6) is 0 Å². The Hall–Kier alpha value is -1.14. The molecule has 0 radical (unpaired) electrons. The van der Waals surface area contributed by atoms with Gasteiger partial charge in [0.15, 0.2) is 5.13 Å². The van der Waals surface area contributed by atoms with Gasteiger partial charge in [-0.15, -0.1) is 11.3 Å². The van der Waals surface area contributed by atoms with Crippen molar-refractivity contribution < 1.29 is 9.53 Å². The van der Waals surface area contributed by atoms with Crippen LogP contribution in [-0.4, -0.2) is 24.7 Å². The van der Waals surface area contributed by atoms with Crippen LogP contribution in [-0.2, 0) is 4.74 Å². The molecule has 0 saturated carbocycles. The second-order valence-electron chi connectivity index (χ2n) is 2.01. The van der Waals surface area contributed by atoms with E-state index in [1.54, 1.807) is 5.38 Å². The lowest BCUT2D eigenvalue weighted by molar-refractivity contribution is 0.0868. The second-order valence-corrected chi connectivity index (χ2v) is 2.90. The zero-order chi connectivity index (χ0) is 8.97. The van der Waals surface area contributed by atoms with Crippen molar-refractivity contribution in [1.29, 1.82) is 0 Å². The SMILES string of the molecule is COCNC(=O)c1csc(N)n1. The van der Waals surface area contributed by atoms with E-state index in [1.807, 2.05) is 0 Å². The highest BCUT2D eigenvalue weighted by molar-refractivity contribution is 7.13. The van der Waals surface area contributed by atoms with Gasteiger partial charge in [0.25, 0.3) is 5.91 Å². The van der Waals surface area contributed by atoms with Gasteiger partial charge in [-0.3, -0.25) is 4.79 Å². The largest absolute Gasteiger partial charge is 0.375 e. The van der Waals surface area contributed by atoms with Gasteiger partial charge in [-0.05, 0) is 0 Å². The summed E-state index contributed by atoms with van der Waals surface area (Å²) in [5.74, 6) is -0.273. The lowest BCUT2D eigenvalue weighted by atomic mass is 10.5. The average molecular weight is 187 g/mol. The number of nitrogen functional groups attached to an aromatic ring is 1. The van der Waals surface area contributed by atoms with E-state index in [-0.39, 0.29) is 12.6 Å². The highest BCUT2D eigenvalue weighted by Gasteiger charge is 2.07. The summed E-state index contributed by atoms with van der Waals surface area (Å²) >= 11 is 1.23. The number of amides is 1. The molecule has 0 aromatic carbocycles. The third-order valence-corrected chi connectivity index (χ3v) is 1.81. The van der Waals surface area contributed by atoms with E-state index in [2.05, 4.69) is 15.0 Å². The Labute approximate surface area is 73.6 Å². The van der Waals surface area contributed by atoms with E-state index < -0.39 is 0 Å². The maximum Gasteiger partial charge on any atom is 0.272 e. The highest BCUT2D eigenvalue weighted by Crippen LogP contribution is 2.10. The Kier molecular flexibility index (Phi) is 3.01. The Morgan fingerprint density at radius 2 is 2.67 bits per heavy atom. The van der Waals surface area contributed by atoms with Crippen molar-refractivity contribution in [3.63, 3.8) is 0 Å². The number of hydrogen-bond acceptors (Lipinski definition) is 5. The molecule has 0 saturated heterocycles. The fourth-order valence-corrected chi connectivity index (χ4v) is 1.16. The molecule has 1 aromatic rings. The number of carbonyl (C=O) groups excluding carboxylic acids is 1. The summed E-state index contributed by atoms with van der Waals surface area (Å²) in [5.41, 5.74) is 5.67. The van der Waals surface area contributed by atoms with Crippen LogP contribution >= 0.6 is 11.3 Å². The van der Waals surface area contributed by atoms with Gasteiger partial charge in [-0.1, -0.05) is 0 Å². The standard InChI is InChI=1S/C6H9N3O2S/c1-11-3-8-5(10)4-2-12-6(7)9-4/h2H,3H2,1H3,(H2,7,9)(H,8,10). The van der Waals surface area contributed by atoms with Crippen LogP contribution in [0.4, 0.5) is 5.13 Å². The topological polar surface area (TPSA) is 77.2 Å². The Morgan fingerprint density at radius 1 is 1.92 bits per heavy atom. The molecule has 0 aliphatic rings. The van der Waals surface area contributed by atoms with Crippen LogP contribution in [0.1, 0.15) is 10.5 Å². The molecule has 5 nitrogen and oxygen atoms in total. The number of methoxy groups -OCH3 is 1. The highest BCUT2D eigenvalue weighted by atomic mass is 32.1. The molecule has 12 heavy (non-hydrogen) atoms. The van der Waals surface area contributed by atoms with Crippen LogP contribution in [0, 0.1) is 0 Å². The number of hydrogen-bond donors (Lipinski definition) is 2. The molecule has 0 aliphatic heterocycles.